The number of carbonyl (C=O) groups is 2. The van der Waals surface area contributed by atoms with Gasteiger partial charge in [0.1, 0.15) is 0 Å². The Balaban J connectivity index is 2.02. The fourth-order valence-corrected chi connectivity index (χ4v) is 2.05. The lowest BCUT2D eigenvalue weighted by molar-refractivity contribution is 0.0517. The van der Waals surface area contributed by atoms with Crippen molar-refractivity contribution in [3.8, 4) is 0 Å². The Bertz CT molecular complexity index is 597. The fourth-order valence-electron chi connectivity index (χ4n) is 2.05. The topological polar surface area (TPSA) is 52.6 Å². The van der Waals surface area contributed by atoms with Crippen molar-refractivity contribution in [2.24, 2.45) is 0 Å². The molecule has 0 aliphatic rings. The van der Waals surface area contributed by atoms with Gasteiger partial charge >= 0.3 is 11.9 Å². The van der Waals surface area contributed by atoms with Crippen LogP contribution in [0.5, 0.6) is 0 Å². The van der Waals surface area contributed by atoms with Gasteiger partial charge in [-0.1, -0.05) is 24.3 Å². The molecule has 0 amide bonds. The molecule has 0 saturated heterocycles. The van der Waals surface area contributed by atoms with E-state index >= 15 is 0 Å². The Morgan fingerprint density at radius 1 is 0.739 bits per heavy atom. The average molecular weight is 311 g/mol. The molecule has 0 unspecified atom stereocenters. The van der Waals surface area contributed by atoms with Crippen molar-refractivity contribution in [3.63, 3.8) is 0 Å². The Labute approximate surface area is 136 Å². The van der Waals surface area contributed by atoms with Gasteiger partial charge in [-0.15, -0.1) is 0 Å². The van der Waals surface area contributed by atoms with Crippen LogP contribution in [0.25, 0.3) is 0 Å². The molecule has 0 heterocycles. The van der Waals surface area contributed by atoms with Crippen LogP contribution in [0.3, 0.4) is 0 Å². The van der Waals surface area contributed by atoms with Gasteiger partial charge in [0.2, 0.25) is 0 Å². The molecule has 2 rings (SSSR count). The van der Waals surface area contributed by atoms with Crippen molar-refractivity contribution in [2.75, 3.05) is 13.2 Å². The van der Waals surface area contributed by atoms with Crippen LogP contribution in [-0.4, -0.2) is 25.2 Å². The highest BCUT2D eigenvalue weighted by atomic mass is 16.5. The summed E-state index contributed by atoms with van der Waals surface area (Å²) in [7, 11) is 0. The van der Waals surface area contributed by atoms with E-state index in [4.69, 9.17) is 9.47 Å². The van der Waals surface area contributed by atoms with Gasteiger partial charge in [0.15, 0.2) is 0 Å². The van der Waals surface area contributed by atoms with Gasteiger partial charge in [-0.3, -0.25) is 0 Å². The normalized spacial score (nSPS) is 10.2. The Kier molecular flexibility index (Phi) is 5.92. The van der Waals surface area contributed by atoms with Gasteiger partial charge in [-0.25, -0.2) is 9.59 Å². The third kappa shape index (κ3) is 4.68. The first-order valence-corrected chi connectivity index (χ1v) is 7.53. The Morgan fingerprint density at radius 3 is 1.39 bits per heavy atom. The number of carbonyl (C=O) groups excluding carboxylic acids is 2. The molecule has 0 N–H and O–H groups in total. The molecule has 23 heavy (non-hydrogen) atoms. The zero-order chi connectivity index (χ0) is 16.7. The largest absolute Gasteiger partial charge is 0.462 e. The molecule has 4 nitrogen and oxygen atoms in total. The summed E-state index contributed by atoms with van der Waals surface area (Å²) in [5, 5.41) is 0. The van der Waals surface area contributed by atoms with E-state index in [0.29, 0.717) is 24.3 Å². The van der Waals surface area contributed by atoms with Crippen LogP contribution in [0.1, 0.15) is 45.7 Å². The Morgan fingerprint density at radius 2 is 1.09 bits per heavy atom. The van der Waals surface area contributed by atoms with E-state index in [1.807, 2.05) is 30.7 Å². The van der Waals surface area contributed by atoms with Gasteiger partial charge in [0.05, 0.1) is 24.3 Å². The third-order valence-corrected chi connectivity index (χ3v) is 3.18. The molecule has 1 radical (unpaired) electrons. The molecular formula is C19H19O4. The van der Waals surface area contributed by atoms with Gasteiger partial charge in [0, 0.05) is 6.42 Å². The van der Waals surface area contributed by atoms with E-state index in [1.165, 1.54) is 0 Å². The second kappa shape index (κ2) is 8.13. The van der Waals surface area contributed by atoms with Crippen molar-refractivity contribution >= 4 is 11.9 Å². The zero-order valence-electron chi connectivity index (χ0n) is 13.2. The lowest BCUT2D eigenvalue weighted by Crippen LogP contribution is -2.04. The van der Waals surface area contributed by atoms with Crippen molar-refractivity contribution in [2.45, 2.75) is 13.8 Å². The number of hydrogen-bond donors (Lipinski definition) is 0. The molecule has 0 aliphatic heterocycles. The van der Waals surface area contributed by atoms with Gasteiger partial charge < -0.3 is 9.47 Å². The lowest BCUT2D eigenvalue weighted by Gasteiger charge is -2.06. The second-order valence-electron chi connectivity index (χ2n) is 4.83. The predicted molar refractivity (Wildman–Crippen MR) is 87.3 cm³/mol. The van der Waals surface area contributed by atoms with Gasteiger partial charge in [-0.2, -0.15) is 0 Å². The highest BCUT2D eigenvalue weighted by Crippen LogP contribution is 2.15. The summed E-state index contributed by atoms with van der Waals surface area (Å²) in [6.45, 7) is 4.28. The highest BCUT2D eigenvalue weighted by molar-refractivity contribution is 5.90. The van der Waals surface area contributed by atoms with E-state index in [-0.39, 0.29) is 11.9 Å². The SMILES string of the molecule is CCOC(=O)c1ccc([CH]c2ccc(C(=O)OCC)cc2)cc1. The first-order chi connectivity index (χ1) is 11.1. The molecule has 0 fully saturated rings. The zero-order valence-corrected chi connectivity index (χ0v) is 13.2. The Hall–Kier alpha value is -2.62. The molecule has 0 aliphatic carbocycles. The minimum Gasteiger partial charge on any atom is -0.462 e. The molecule has 0 saturated carbocycles. The van der Waals surface area contributed by atoms with Crippen LogP contribution in [0, 0.1) is 6.42 Å². The maximum absolute atomic E-state index is 11.6. The van der Waals surface area contributed by atoms with E-state index in [2.05, 4.69) is 0 Å². The summed E-state index contributed by atoms with van der Waals surface area (Å²) < 4.78 is 9.90. The number of hydrogen-bond acceptors (Lipinski definition) is 4. The fraction of sp³-hybridized carbons (Fsp3) is 0.211. The van der Waals surface area contributed by atoms with Crippen LogP contribution in [-0.2, 0) is 9.47 Å². The smallest absolute Gasteiger partial charge is 0.338 e. The first-order valence-electron chi connectivity index (χ1n) is 7.53. The van der Waals surface area contributed by atoms with Crippen LogP contribution in [0.4, 0.5) is 0 Å². The molecule has 119 valence electrons. The maximum Gasteiger partial charge on any atom is 0.338 e. The summed E-state index contributed by atoms with van der Waals surface area (Å²) in [6.07, 6.45) is 1.96. The number of rotatable bonds is 6. The summed E-state index contributed by atoms with van der Waals surface area (Å²) in [5.41, 5.74) is 2.98. The summed E-state index contributed by atoms with van der Waals surface area (Å²) in [5.74, 6) is -0.643. The molecule has 4 heteroatoms. The average Bonchev–Trinajstić information content (AvgIpc) is 2.56. The first kappa shape index (κ1) is 16.7. The number of benzene rings is 2. The van der Waals surface area contributed by atoms with Gasteiger partial charge in [0.25, 0.3) is 0 Å². The van der Waals surface area contributed by atoms with Crippen molar-refractivity contribution in [1.29, 1.82) is 0 Å². The van der Waals surface area contributed by atoms with Gasteiger partial charge in [-0.05, 0) is 49.2 Å². The molecular weight excluding hydrogens is 292 g/mol. The predicted octanol–water partition coefficient (Wildman–Crippen LogP) is 3.64. The standard InChI is InChI=1S/C19H19O4/c1-3-22-18(20)16-9-5-14(6-10-16)13-15-7-11-17(12-8-15)19(21)23-4-2/h5-13H,3-4H2,1-2H3. The van der Waals surface area contributed by atoms with Crippen molar-refractivity contribution in [3.05, 3.63) is 77.2 Å². The molecule has 2 aromatic carbocycles. The van der Waals surface area contributed by atoms with Crippen molar-refractivity contribution < 1.29 is 19.1 Å². The monoisotopic (exact) mass is 311 g/mol. The minimum absolute atomic E-state index is 0.321. The van der Waals surface area contributed by atoms with E-state index in [9.17, 15) is 9.59 Å². The molecule has 2 aromatic rings. The lowest BCUT2D eigenvalue weighted by atomic mass is 10.0. The number of esters is 2. The maximum atomic E-state index is 11.6. The van der Waals surface area contributed by atoms with Crippen LogP contribution in [0.15, 0.2) is 48.5 Å². The summed E-state index contributed by atoms with van der Waals surface area (Å²) in [6, 6.07) is 14.3. The van der Waals surface area contributed by atoms with Crippen molar-refractivity contribution in [1.82, 2.24) is 0 Å². The second-order valence-corrected chi connectivity index (χ2v) is 4.83. The summed E-state index contributed by atoms with van der Waals surface area (Å²) >= 11 is 0. The third-order valence-electron chi connectivity index (χ3n) is 3.18. The highest BCUT2D eigenvalue weighted by Gasteiger charge is 2.08. The van der Waals surface area contributed by atoms with E-state index < -0.39 is 0 Å². The molecule has 0 spiro atoms. The van der Waals surface area contributed by atoms with E-state index in [0.717, 1.165) is 11.1 Å². The van der Waals surface area contributed by atoms with Crippen LogP contribution < -0.4 is 0 Å². The molecule has 0 bridgehead atoms. The molecule has 0 atom stereocenters. The minimum atomic E-state index is -0.321. The summed E-state index contributed by atoms with van der Waals surface area (Å²) in [4.78, 5) is 23.2. The van der Waals surface area contributed by atoms with Crippen LogP contribution >= 0.6 is 0 Å². The van der Waals surface area contributed by atoms with E-state index in [1.54, 1.807) is 38.1 Å². The quantitative estimate of drug-likeness (QED) is 0.764. The van der Waals surface area contributed by atoms with Crippen LogP contribution in [0.2, 0.25) is 0 Å². The number of ether oxygens (including phenoxy) is 2. The molecule has 0 aromatic heterocycles.